The summed E-state index contributed by atoms with van der Waals surface area (Å²) in [6.45, 7) is 4.03. The van der Waals surface area contributed by atoms with Crippen molar-refractivity contribution in [3.05, 3.63) is 29.1 Å². The molecule has 1 aromatic rings. The van der Waals surface area contributed by atoms with E-state index in [1.54, 1.807) is 13.1 Å². The highest BCUT2D eigenvalue weighted by Gasteiger charge is 2.06. The molecule has 0 aliphatic carbocycles. The number of carbonyl (C=O) groups excluding carboxylic acids is 1. The largest absolute Gasteiger partial charge is 0.354 e. The Hall–Kier alpha value is -1.38. The number of nitrogens with one attached hydrogen (secondary N) is 1. The van der Waals surface area contributed by atoms with Crippen LogP contribution < -0.4 is 5.32 Å². The molecule has 0 bridgehead atoms. The lowest BCUT2D eigenvalue weighted by molar-refractivity contribution is 0.0958. The van der Waals surface area contributed by atoms with E-state index in [9.17, 15) is 4.79 Å². The molecule has 0 saturated heterocycles. The number of nitrogens with zero attached hydrogens (tertiary/aromatic N) is 1. The van der Waals surface area contributed by atoms with Gasteiger partial charge in [-0.05, 0) is 25.0 Å². The quantitative estimate of drug-likeness (QED) is 0.742. The fourth-order valence-electron chi connectivity index (χ4n) is 1.18. The van der Waals surface area contributed by atoms with E-state index in [2.05, 4.69) is 10.3 Å². The molecule has 1 rings (SSSR count). The normalized spacial score (nSPS) is 9.77. The lowest BCUT2D eigenvalue weighted by Gasteiger charge is -2.04. The molecule has 3 nitrogen and oxygen atoms in total. The first-order valence-corrected chi connectivity index (χ1v) is 4.37. The summed E-state index contributed by atoms with van der Waals surface area (Å²) in [5, 5.41) is 2.55. The molecule has 1 heterocycles. The predicted molar refractivity (Wildman–Crippen MR) is 51.7 cm³/mol. The third-order valence-electron chi connectivity index (χ3n) is 2.00. The monoisotopic (exact) mass is 178 g/mol. The molecule has 1 aromatic heterocycles. The van der Waals surface area contributed by atoms with Crippen molar-refractivity contribution < 1.29 is 4.79 Å². The van der Waals surface area contributed by atoms with Gasteiger partial charge in [0.1, 0.15) is 5.69 Å². The Bertz CT molecular complexity index is 321. The van der Waals surface area contributed by atoms with Crippen molar-refractivity contribution >= 4 is 5.91 Å². The standard InChI is InChI=1S/C10H14N2O/c1-4-8-7(2)5-6-9(12-8)10(13)11-3/h5-6H,4H2,1-3H3,(H,11,13). The van der Waals surface area contributed by atoms with E-state index in [-0.39, 0.29) is 5.91 Å². The average Bonchev–Trinajstić information content (AvgIpc) is 2.17. The molecule has 70 valence electrons. The van der Waals surface area contributed by atoms with Crippen LogP contribution in [0.2, 0.25) is 0 Å². The molecule has 1 N–H and O–H groups in total. The third-order valence-corrected chi connectivity index (χ3v) is 2.00. The van der Waals surface area contributed by atoms with Gasteiger partial charge in [0.2, 0.25) is 0 Å². The number of amides is 1. The van der Waals surface area contributed by atoms with Crippen LogP contribution in [0.3, 0.4) is 0 Å². The van der Waals surface area contributed by atoms with Crippen LogP contribution in [-0.2, 0) is 6.42 Å². The van der Waals surface area contributed by atoms with Gasteiger partial charge in [-0.25, -0.2) is 4.98 Å². The summed E-state index contributed by atoms with van der Waals surface area (Å²) in [4.78, 5) is 15.5. The lowest BCUT2D eigenvalue weighted by atomic mass is 10.1. The van der Waals surface area contributed by atoms with Crippen molar-refractivity contribution in [2.45, 2.75) is 20.3 Å². The van der Waals surface area contributed by atoms with E-state index in [1.807, 2.05) is 19.9 Å². The maximum atomic E-state index is 11.2. The molecular formula is C10H14N2O. The van der Waals surface area contributed by atoms with Crippen molar-refractivity contribution in [2.75, 3.05) is 7.05 Å². The number of hydrogen-bond donors (Lipinski definition) is 1. The fourth-order valence-corrected chi connectivity index (χ4v) is 1.18. The van der Waals surface area contributed by atoms with E-state index in [0.29, 0.717) is 5.69 Å². The lowest BCUT2D eigenvalue weighted by Crippen LogP contribution is -2.19. The van der Waals surface area contributed by atoms with Gasteiger partial charge in [-0.3, -0.25) is 4.79 Å². The second kappa shape index (κ2) is 4.03. The summed E-state index contributed by atoms with van der Waals surface area (Å²) in [5.74, 6) is -0.130. The number of hydrogen-bond acceptors (Lipinski definition) is 2. The molecule has 0 saturated carbocycles. The van der Waals surface area contributed by atoms with Crippen LogP contribution in [0.4, 0.5) is 0 Å². The Morgan fingerprint density at radius 3 is 2.77 bits per heavy atom. The van der Waals surface area contributed by atoms with Crippen LogP contribution >= 0.6 is 0 Å². The van der Waals surface area contributed by atoms with Crippen LogP contribution in [0.1, 0.15) is 28.7 Å². The summed E-state index contributed by atoms with van der Waals surface area (Å²) in [6, 6.07) is 3.67. The maximum Gasteiger partial charge on any atom is 0.269 e. The average molecular weight is 178 g/mol. The van der Waals surface area contributed by atoms with Crippen LogP contribution in [-0.4, -0.2) is 17.9 Å². The topological polar surface area (TPSA) is 42.0 Å². The van der Waals surface area contributed by atoms with Crippen LogP contribution in [0, 0.1) is 6.92 Å². The third kappa shape index (κ3) is 2.05. The number of rotatable bonds is 2. The first kappa shape index (κ1) is 9.71. The van der Waals surface area contributed by atoms with Crippen molar-refractivity contribution in [1.82, 2.24) is 10.3 Å². The van der Waals surface area contributed by atoms with Gasteiger partial charge in [0, 0.05) is 12.7 Å². The minimum absolute atomic E-state index is 0.130. The summed E-state index contributed by atoms with van der Waals surface area (Å²) in [6.07, 6.45) is 0.858. The highest BCUT2D eigenvalue weighted by Crippen LogP contribution is 2.06. The van der Waals surface area contributed by atoms with Crippen LogP contribution in [0.5, 0.6) is 0 Å². The smallest absolute Gasteiger partial charge is 0.269 e. The van der Waals surface area contributed by atoms with E-state index in [0.717, 1.165) is 17.7 Å². The van der Waals surface area contributed by atoms with Gasteiger partial charge in [-0.2, -0.15) is 0 Å². The molecule has 1 amide bonds. The van der Waals surface area contributed by atoms with Gasteiger partial charge in [-0.15, -0.1) is 0 Å². The molecule has 0 aliphatic heterocycles. The van der Waals surface area contributed by atoms with Gasteiger partial charge in [0.05, 0.1) is 0 Å². The summed E-state index contributed by atoms with van der Waals surface area (Å²) < 4.78 is 0. The van der Waals surface area contributed by atoms with Gasteiger partial charge in [0.15, 0.2) is 0 Å². The van der Waals surface area contributed by atoms with E-state index in [4.69, 9.17) is 0 Å². The Balaban J connectivity index is 3.06. The molecule has 0 fully saturated rings. The minimum atomic E-state index is -0.130. The zero-order chi connectivity index (χ0) is 9.84. The molecule has 0 aliphatic rings. The summed E-state index contributed by atoms with van der Waals surface area (Å²) in [5.41, 5.74) is 2.61. The van der Waals surface area contributed by atoms with Gasteiger partial charge < -0.3 is 5.32 Å². The Morgan fingerprint density at radius 2 is 2.23 bits per heavy atom. The van der Waals surface area contributed by atoms with Crippen molar-refractivity contribution in [1.29, 1.82) is 0 Å². The molecule has 0 aromatic carbocycles. The first-order chi connectivity index (χ1) is 6.19. The number of carbonyl (C=O) groups is 1. The maximum absolute atomic E-state index is 11.2. The Labute approximate surface area is 78.2 Å². The van der Waals surface area contributed by atoms with Crippen LogP contribution in [0.25, 0.3) is 0 Å². The fraction of sp³-hybridized carbons (Fsp3) is 0.400. The molecule has 0 atom stereocenters. The van der Waals surface area contributed by atoms with Crippen molar-refractivity contribution in [2.24, 2.45) is 0 Å². The van der Waals surface area contributed by atoms with E-state index in [1.165, 1.54) is 0 Å². The minimum Gasteiger partial charge on any atom is -0.354 e. The predicted octanol–water partition coefficient (Wildman–Crippen LogP) is 1.31. The Kier molecular flexibility index (Phi) is 3.01. The molecule has 0 radical (unpaired) electrons. The zero-order valence-electron chi connectivity index (χ0n) is 8.22. The van der Waals surface area contributed by atoms with Gasteiger partial charge in [-0.1, -0.05) is 13.0 Å². The van der Waals surface area contributed by atoms with Gasteiger partial charge >= 0.3 is 0 Å². The molecular weight excluding hydrogens is 164 g/mol. The SMILES string of the molecule is CCc1nc(C(=O)NC)ccc1C. The van der Waals surface area contributed by atoms with Gasteiger partial charge in [0.25, 0.3) is 5.91 Å². The molecule has 0 unspecified atom stereocenters. The molecule has 13 heavy (non-hydrogen) atoms. The number of aromatic nitrogens is 1. The highest BCUT2D eigenvalue weighted by atomic mass is 16.1. The highest BCUT2D eigenvalue weighted by molar-refractivity contribution is 5.92. The first-order valence-electron chi connectivity index (χ1n) is 4.37. The summed E-state index contributed by atoms with van der Waals surface area (Å²) >= 11 is 0. The molecule has 0 spiro atoms. The van der Waals surface area contributed by atoms with Crippen molar-refractivity contribution in [3.8, 4) is 0 Å². The zero-order valence-corrected chi connectivity index (χ0v) is 8.22. The van der Waals surface area contributed by atoms with Crippen molar-refractivity contribution in [3.63, 3.8) is 0 Å². The van der Waals surface area contributed by atoms with E-state index >= 15 is 0 Å². The van der Waals surface area contributed by atoms with Crippen LogP contribution in [0.15, 0.2) is 12.1 Å². The number of pyridine rings is 1. The summed E-state index contributed by atoms with van der Waals surface area (Å²) in [7, 11) is 1.61. The Morgan fingerprint density at radius 1 is 1.54 bits per heavy atom. The second-order valence-corrected chi connectivity index (χ2v) is 2.89. The van der Waals surface area contributed by atoms with E-state index < -0.39 is 0 Å². The molecule has 3 heteroatoms. The number of aryl methyl sites for hydroxylation is 2. The second-order valence-electron chi connectivity index (χ2n) is 2.89.